The Morgan fingerprint density at radius 1 is 0.207 bits per heavy atom. The van der Waals surface area contributed by atoms with Crippen molar-refractivity contribution in [1.82, 2.24) is 34.9 Å². The summed E-state index contributed by atoms with van der Waals surface area (Å²) in [6.45, 7) is 7.23. The molecular weight excluding hydrogens is 1410 g/mol. The summed E-state index contributed by atoms with van der Waals surface area (Å²) in [5.74, 6) is 3.59. The Bertz CT molecular complexity index is 6910. The fraction of sp³-hybridized carbons (Fsp3) is 0.0734. The van der Waals surface area contributed by atoms with Gasteiger partial charge < -0.3 is 0 Å². The third-order valence-corrected chi connectivity index (χ3v) is 25.2. The summed E-state index contributed by atoms with van der Waals surface area (Å²) in [5, 5.41) is 0. The Morgan fingerprint density at radius 2 is 0.534 bits per heavy atom. The Labute approximate surface area is 675 Å². The highest BCUT2D eigenvalue weighted by atomic mass is 15.0. The van der Waals surface area contributed by atoms with Crippen molar-refractivity contribution in [3.05, 3.63) is 461 Å². The number of hydrogen-bond donors (Lipinski definition) is 0. The van der Waals surface area contributed by atoms with Crippen molar-refractivity contribution in [2.24, 2.45) is 0 Å². The van der Waals surface area contributed by atoms with E-state index in [1.165, 1.54) is 100 Å². The lowest BCUT2D eigenvalue weighted by Gasteiger charge is -2.48. The summed E-state index contributed by atoms with van der Waals surface area (Å²) in [4.78, 5) is 36.8. The van der Waals surface area contributed by atoms with Gasteiger partial charge in [-0.2, -0.15) is 0 Å². The molecule has 2 spiro atoms. The van der Waals surface area contributed by atoms with Crippen LogP contribution in [0, 0.1) is 0 Å². The highest BCUT2D eigenvalue weighted by Gasteiger charge is 2.56. The second kappa shape index (κ2) is 26.8. The van der Waals surface area contributed by atoms with E-state index in [-0.39, 0.29) is 5.41 Å². The van der Waals surface area contributed by atoms with Gasteiger partial charge in [0.2, 0.25) is 0 Å². The summed E-state index contributed by atoms with van der Waals surface area (Å²) < 4.78 is 0. The quantitative estimate of drug-likeness (QED) is 0.120. The molecule has 0 amide bonds. The van der Waals surface area contributed by atoms with E-state index in [1.54, 1.807) is 0 Å². The molecule has 116 heavy (non-hydrogen) atoms. The zero-order valence-electron chi connectivity index (χ0n) is 64.3. The molecule has 3 heterocycles. The maximum absolute atomic E-state index is 5.45. The summed E-state index contributed by atoms with van der Waals surface area (Å²) in [6, 6.07) is 139. The third-order valence-electron chi connectivity index (χ3n) is 25.2. The number of hydrogen-bond acceptors (Lipinski definition) is 7. The van der Waals surface area contributed by atoms with Gasteiger partial charge in [0.25, 0.3) is 0 Å². The average molecular weight is 1480 g/mol. The van der Waals surface area contributed by atoms with Gasteiger partial charge in [-0.1, -0.05) is 373 Å². The van der Waals surface area contributed by atoms with E-state index in [4.69, 9.17) is 34.9 Å². The number of fused-ring (bicyclic) bond motifs is 18. The van der Waals surface area contributed by atoms with Crippen LogP contribution in [-0.4, -0.2) is 34.9 Å². The van der Waals surface area contributed by atoms with Gasteiger partial charge >= 0.3 is 0 Å². The smallest absolute Gasteiger partial charge is 0.164 e. The van der Waals surface area contributed by atoms with Gasteiger partial charge in [0.1, 0.15) is 0 Å². The molecule has 0 unspecified atom stereocenters. The molecule has 4 aliphatic rings. The second-order valence-corrected chi connectivity index (χ2v) is 31.9. The average Bonchev–Trinajstić information content (AvgIpc) is 1.47. The number of pyridine rings is 1. The van der Waals surface area contributed by atoms with Gasteiger partial charge in [-0.3, -0.25) is 4.98 Å². The molecule has 15 aromatic carbocycles. The standard InChI is InChI=1S/C109H75N7/c1-106(2)87-52-16-20-56-91(87)108(92-57-21-17-53-88(92)106)85-50-14-12-46-83(85)98-79(48-30-60-95(98)108)74-39-28-42-77(66-74)103-112-100(70-33-6-4-7-34-70)111-102(114-103)76-41-27-38-73(65-76)72-37-26-32-69(64-72)68-107(3)89-54-18-22-58-93(89)109(94-59-23-19-55-90(94)107)86-51-15-13-47-84(86)99-81(49-31-61-96(99)109)80-44-10-11-45-82(80)105-115-101(71-35-8-5-9-36-71)113-104(116-105)78-43-29-40-75(67-78)97-62-24-25-63-110-97/h4-67H,68H2,1-3H3. The lowest BCUT2D eigenvalue weighted by atomic mass is 9.54. The molecule has 22 rings (SSSR count). The Hall–Kier alpha value is -14.5. The molecule has 7 heteroatoms. The highest BCUT2D eigenvalue weighted by molar-refractivity contribution is 6.01. The van der Waals surface area contributed by atoms with Gasteiger partial charge in [-0.25, -0.2) is 29.9 Å². The zero-order chi connectivity index (χ0) is 77.3. The molecule has 4 aliphatic carbocycles. The van der Waals surface area contributed by atoms with E-state index in [0.717, 1.165) is 78.9 Å². The van der Waals surface area contributed by atoms with Gasteiger partial charge in [0.15, 0.2) is 34.9 Å². The van der Waals surface area contributed by atoms with Crippen molar-refractivity contribution in [2.75, 3.05) is 0 Å². The number of nitrogens with zero attached hydrogens (tertiary/aromatic N) is 7. The van der Waals surface area contributed by atoms with Crippen LogP contribution >= 0.6 is 0 Å². The van der Waals surface area contributed by atoms with E-state index in [0.29, 0.717) is 34.9 Å². The summed E-state index contributed by atoms with van der Waals surface area (Å²) in [5.41, 5.74) is 33.9. The fourth-order valence-corrected chi connectivity index (χ4v) is 20.2. The molecule has 0 fully saturated rings. The second-order valence-electron chi connectivity index (χ2n) is 31.9. The van der Waals surface area contributed by atoms with Crippen LogP contribution in [0.15, 0.2) is 388 Å². The summed E-state index contributed by atoms with van der Waals surface area (Å²) in [7, 11) is 0. The van der Waals surface area contributed by atoms with Crippen LogP contribution in [0.4, 0.5) is 0 Å². The minimum absolute atomic E-state index is 0.193. The molecule has 0 aliphatic heterocycles. The van der Waals surface area contributed by atoms with E-state index in [9.17, 15) is 0 Å². The third kappa shape index (κ3) is 10.5. The lowest BCUT2D eigenvalue weighted by molar-refractivity contribution is 0.514. The molecule has 0 atom stereocenters. The first-order valence-corrected chi connectivity index (χ1v) is 40.0. The largest absolute Gasteiger partial charge is 0.256 e. The van der Waals surface area contributed by atoms with Crippen molar-refractivity contribution in [1.29, 1.82) is 0 Å². The molecule has 18 aromatic rings. The van der Waals surface area contributed by atoms with Crippen molar-refractivity contribution < 1.29 is 0 Å². The van der Waals surface area contributed by atoms with E-state index in [1.807, 2.05) is 60.8 Å². The van der Waals surface area contributed by atoms with E-state index < -0.39 is 16.2 Å². The van der Waals surface area contributed by atoms with Crippen molar-refractivity contribution in [3.8, 4) is 135 Å². The molecular formula is C109H75N7. The Balaban J connectivity index is 0.620. The molecule has 0 saturated heterocycles. The minimum atomic E-state index is -0.670. The fourth-order valence-electron chi connectivity index (χ4n) is 20.2. The van der Waals surface area contributed by atoms with Crippen molar-refractivity contribution >= 4 is 0 Å². The van der Waals surface area contributed by atoms with Gasteiger partial charge in [-0.15, -0.1) is 0 Å². The predicted molar refractivity (Wildman–Crippen MR) is 469 cm³/mol. The SMILES string of the molecule is CC1(C)c2ccccc2C2(c3ccccc3-c3c(-c4cccc(-c5nc(-c6ccccc6)nc(-c6cccc(-c7cccc(CC8(C)c9ccccc9C9(c%10ccccc%10-c%10c(-c%11ccccc%11-c%11nc(-c%12ccccc%12)nc(-c%12cccc(-c%13ccccn%13)c%12)n%11)cccc%109)c9ccccc98)c7)c6)n5)c4)cccc32)c2ccccc21. The molecule has 7 nitrogen and oxygen atoms in total. The monoisotopic (exact) mass is 1480 g/mol. The number of rotatable bonds is 12. The van der Waals surface area contributed by atoms with Crippen LogP contribution in [-0.2, 0) is 28.1 Å². The zero-order valence-corrected chi connectivity index (χ0v) is 64.3. The molecule has 3 aromatic heterocycles. The normalized spacial score (nSPS) is 15.0. The van der Waals surface area contributed by atoms with E-state index in [2.05, 4.69) is 348 Å². The van der Waals surface area contributed by atoms with Gasteiger partial charge in [0, 0.05) is 56.0 Å². The highest BCUT2D eigenvalue weighted by Crippen LogP contribution is 2.66. The molecule has 546 valence electrons. The first kappa shape index (κ1) is 68.3. The maximum atomic E-state index is 5.45. The van der Waals surface area contributed by atoms with Crippen LogP contribution in [0.3, 0.4) is 0 Å². The first-order valence-electron chi connectivity index (χ1n) is 40.0. The molecule has 0 radical (unpaired) electrons. The minimum Gasteiger partial charge on any atom is -0.256 e. The predicted octanol–water partition coefficient (Wildman–Crippen LogP) is 25.3. The lowest BCUT2D eigenvalue weighted by Crippen LogP contribution is -2.43. The topological polar surface area (TPSA) is 90.2 Å². The van der Waals surface area contributed by atoms with Crippen LogP contribution in [0.5, 0.6) is 0 Å². The van der Waals surface area contributed by atoms with Crippen LogP contribution in [0.25, 0.3) is 135 Å². The van der Waals surface area contributed by atoms with Gasteiger partial charge in [-0.05, 0) is 165 Å². The summed E-state index contributed by atoms with van der Waals surface area (Å²) >= 11 is 0. The Morgan fingerprint density at radius 3 is 1.05 bits per heavy atom. The van der Waals surface area contributed by atoms with Crippen LogP contribution < -0.4 is 0 Å². The molecule has 0 N–H and O–H groups in total. The maximum Gasteiger partial charge on any atom is 0.164 e. The molecule has 0 bridgehead atoms. The first-order chi connectivity index (χ1) is 57.1. The summed E-state index contributed by atoms with van der Waals surface area (Å²) in [6.07, 6.45) is 2.57. The van der Waals surface area contributed by atoms with Crippen LogP contribution in [0.1, 0.15) is 93.1 Å². The molecule has 0 saturated carbocycles. The van der Waals surface area contributed by atoms with Gasteiger partial charge in [0.05, 0.1) is 16.5 Å². The van der Waals surface area contributed by atoms with Crippen LogP contribution in [0.2, 0.25) is 0 Å². The van der Waals surface area contributed by atoms with E-state index >= 15 is 0 Å². The van der Waals surface area contributed by atoms with Crippen molar-refractivity contribution in [2.45, 2.75) is 48.9 Å². The number of aromatic nitrogens is 7. The Kier molecular flexibility index (Phi) is 15.8. The van der Waals surface area contributed by atoms with Crippen molar-refractivity contribution in [3.63, 3.8) is 0 Å². The number of benzene rings is 15.